The molecule has 128 valence electrons. The summed E-state index contributed by atoms with van der Waals surface area (Å²) in [6.45, 7) is 0.435. The molecule has 2 aromatic carbocycles. The van der Waals surface area contributed by atoms with Crippen LogP contribution in [0.4, 0.5) is 4.39 Å². The van der Waals surface area contributed by atoms with Crippen molar-refractivity contribution < 1.29 is 13.9 Å². The zero-order chi connectivity index (χ0) is 17.6. The van der Waals surface area contributed by atoms with Gasteiger partial charge in [0.25, 0.3) is 5.91 Å². The standard InChI is InChI=1S/C19H17FN2O2S/c1-24-17-8-7-14(11-16(17)20)18(23)21-10-9-15-12-25-19(22-15)13-5-3-2-4-6-13/h2-8,11-12H,9-10H2,1H3,(H,21,23). The van der Waals surface area contributed by atoms with Crippen molar-refractivity contribution in [2.24, 2.45) is 0 Å². The molecule has 0 aliphatic rings. The molecule has 0 saturated carbocycles. The van der Waals surface area contributed by atoms with Gasteiger partial charge < -0.3 is 10.1 Å². The molecule has 25 heavy (non-hydrogen) atoms. The van der Waals surface area contributed by atoms with Gasteiger partial charge >= 0.3 is 0 Å². The third-order valence-electron chi connectivity index (χ3n) is 3.65. The minimum absolute atomic E-state index is 0.118. The first-order valence-corrected chi connectivity index (χ1v) is 8.67. The van der Waals surface area contributed by atoms with Gasteiger partial charge in [0.05, 0.1) is 12.8 Å². The average Bonchev–Trinajstić information content (AvgIpc) is 3.11. The average molecular weight is 356 g/mol. The first-order chi connectivity index (χ1) is 12.2. The number of rotatable bonds is 6. The molecule has 0 bridgehead atoms. The van der Waals surface area contributed by atoms with Gasteiger partial charge in [0.15, 0.2) is 11.6 Å². The summed E-state index contributed by atoms with van der Waals surface area (Å²) in [5.41, 5.74) is 2.27. The highest BCUT2D eigenvalue weighted by Gasteiger charge is 2.10. The number of nitrogens with zero attached hydrogens (tertiary/aromatic N) is 1. The summed E-state index contributed by atoms with van der Waals surface area (Å²) in [6.07, 6.45) is 0.619. The summed E-state index contributed by atoms with van der Waals surface area (Å²) in [6, 6.07) is 14.1. The number of ether oxygens (including phenoxy) is 1. The molecule has 6 heteroatoms. The Morgan fingerprint density at radius 2 is 2.04 bits per heavy atom. The van der Waals surface area contributed by atoms with E-state index in [1.807, 2.05) is 35.7 Å². The summed E-state index contributed by atoms with van der Waals surface area (Å²) >= 11 is 1.58. The lowest BCUT2D eigenvalue weighted by atomic mass is 10.2. The predicted molar refractivity (Wildman–Crippen MR) is 96.5 cm³/mol. The molecule has 0 aliphatic carbocycles. The Labute approximate surface area is 149 Å². The first kappa shape index (κ1) is 17.1. The van der Waals surface area contributed by atoms with Crippen LogP contribution in [-0.2, 0) is 6.42 Å². The number of hydrogen-bond acceptors (Lipinski definition) is 4. The van der Waals surface area contributed by atoms with Crippen LogP contribution in [0.25, 0.3) is 10.6 Å². The number of thiazole rings is 1. The van der Waals surface area contributed by atoms with E-state index < -0.39 is 5.82 Å². The van der Waals surface area contributed by atoms with Crippen molar-refractivity contribution in [3.63, 3.8) is 0 Å². The van der Waals surface area contributed by atoms with Crippen LogP contribution in [0.1, 0.15) is 16.1 Å². The molecule has 4 nitrogen and oxygen atoms in total. The summed E-state index contributed by atoms with van der Waals surface area (Å²) in [4.78, 5) is 16.7. The molecule has 0 saturated heterocycles. The molecule has 0 aliphatic heterocycles. The van der Waals surface area contributed by atoms with Crippen molar-refractivity contribution in [3.05, 3.63) is 71.0 Å². The number of carbonyl (C=O) groups is 1. The Morgan fingerprint density at radius 3 is 2.76 bits per heavy atom. The number of aromatic nitrogens is 1. The quantitative estimate of drug-likeness (QED) is 0.728. The molecule has 3 rings (SSSR count). The maximum Gasteiger partial charge on any atom is 0.251 e. The third kappa shape index (κ3) is 4.22. The van der Waals surface area contributed by atoms with Gasteiger partial charge in [-0.15, -0.1) is 11.3 Å². The molecule has 3 aromatic rings. The maximum atomic E-state index is 13.6. The van der Waals surface area contributed by atoms with Crippen LogP contribution in [0.5, 0.6) is 5.75 Å². The summed E-state index contributed by atoms with van der Waals surface area (Å²) < 4.78 is 18.5. The third-order valence-corrected chi connectivity index (χ3v) is 4.59. The lowest BCUT2D eigenvalue weighted by Crippen LogP contribution is -2.25. The second-order valence-electron chi connectivity index (χ2n) is 5.37. The Balaban J connectivity index is 1.55. The Kier molecular flexibility index (Phi) is 5.40. The molecule has 1 heterocycles. The van der Waals surface area contributed by atoms with Gasteiger partial charge in [-0.3, -0.25) is 4.79 Å². The molecular formula is C19H17FN2O2S. The number of amides is 1. The number of hydrogen-bond donors (Lipinski definition) is 1. The first-order valence-electron chi connectivity index (χ1n) is 7.79. The molecule has 0 spiro atoms. The number of halogens is 1. The van der Waals surface area contributed by atoms with Gasteiger partial charge in [-0.1, -0.05) is 30.3 Å². The highest BCUT2D eigenvalue weighted by molar-refractivity contribution is 7.13. The largest absolute Gasteiger partial charge is 0.494 e. The number of methoxy groups -OCH3 is 1. The fraction of sp³-hybridized carbons (Fsp3) is 0.158. The predicted octanol–water partition coefficient (Wildman–Crippen LogP) is 3.93. The molecule has 0 fully saturated rings. The second kappa shape index (κ2) is 7.90. The van der Waals surface area contributed by atoms with Gasteiger partial charge in [-0.05, 0) is 18.2 Å². The summed E-state index contributed by atoms with van der Waals surface area (Å²) in [5.74, 6) is -0.755. The van der Waals surface area contributed by atoms with Crippen molar-refractivity contribution >= 4 is 17.2 Å². The van der Waals surface area contributed by atoms with Crippen LogP contribution in [0.2, 0.25) is 0 Å². The zero-order valence-electron chi connectivity index (χ0n) is 13.7. The van der Waals surface area contributed by atoms with Crippen LogP contribution >= 0.6 is 11.3 Å². The van der Waals surface area contributed by atoms with Crippen LogP contribution < -0.4 is 10.1 Å². The Morgan fingerprint density at radius 1 is 1.24 bits per heavy atom. The van der Waals surface area contributed by atoms with Crippen molar-refractivity contribution in [1.82, 2.24) is 10.3 Å². The van der Waals surface area contributed by atoms with Crippen molar-refractivity contribution in [1.29, 1.82) is 0 Å². The molecule has 1 amide bonds. The topological polar surface area (TPSA) is 51.2 Å². The van der Waals surface area contributed by atoms with Crippen molar-refractivity contribution in [2.75, 3.05) is 13.7 Å². The maximum absolute atomic E-state index is 13.6. The lowest BCUT2D eigenvalue weighted by Gasteiger charge is -2.06. The molecule has 0 unspecified atom stereocenters. The van der Waals surface area contributed by atoms with Gasteiger partial charge in [0, 0.05) is 29.5 Å². The Bertz CT molecular complexity index is 865. The molecular weight excluding hydrogens is 339 g/mol. The van der Waals surface area contributed by atoms with Crippen molar-refractivity contribution in [2.45, 2.75) is 6.42 Å². The monoisotopic (exact) mass is 356 g/mol. The van der Waals surface area contributed by atoms with E-state index in [1.165, 1.54) is 25.3 Å². The van der Waals surface area contributed by atoms with Gasteiger partial charge in [0.2, 0.25) is 0 Å². The normalized spacial score (nSPS) is 10.5. The molecule has 0 atom stereocenters. The van der Waals surface area contributed by atoms with Crippen LogP contribution in [0, 0.1) is 5.82 Å². The van der Waals surface area contributed by atoms with Crippen LogP contribution in [-0.4, -0.2) is 24.5 Å². The fourth-order valence-electron chi connectivity index (χ4n) is 2.35. The highest BCUT2D eigenvalue weighted by Crippen LogP contribution is 2.23. The van der Waals surface area contributed by atoms with Gasteiger partial charge in [0.1, 0.15) is 5.01 Å². The van der Waals surface area contributed by atoms with Gasteiger partial charge in [-0.2, -0.15) is 0 Å². The number of benzene rings is 2. The summed E-state index contributed by atoms with van der Waals surface area (Å²) in [5, 5.41) is 5.72. The molecule has 1 N–H and O–H groups in total. The Hall–Kier alpha value is -2.73. The minimum Gasteiger partial charge on any atom is -0.494 e. The van der Waals surface area contributed by atoms with E-state index >= 15 is 0 Å². The van der Waals surface area contributed by atoms with E-state index in [1.54, 1.807) is 11.3 Å². The SMILES string of the molecule is COc1ccc(C(=O)NCCc2csc(-c3ccccc3)n2)cc1F. The summed E-state index contributed by atoms with van der Waals surface area (Å²) in [7, 11) is 1.38. The number of nitrogens with one attached hydrogen (secondary N) is 1. The van der Waals surface area contributed by atoms with E-state index in [0.29, 0.717) is 13.0 Å². The molecule has 1 aromatic heterocycles. The second-order valence-corrected chi connectivity index (χ2v) is 6.22. The van der Waals surface area contributed by atoms with Crippen LogP contribution in [0.15, 0.2) is 53.9 Å². The van der Waals surface area contributed by atoms with Crippen LogP contribution in [0.3, 0.4) is 0 Å². The number of carbonyl (C=O) groups excluding carboxylic acids is 1. The lowest BCUT2D eigenvalue weighted by molar-refractivity contribution is 0.0953. The minimum atomic E-state index is -0.554. The highest BCUT2D eigenvalue weighted by atomic mass is 32.1. The smallest absolute Gasteiger partial charge is 0.251 e. The molecule has 0 radical (unpaired) electrons. The van der Waals surface area contributed by atoms with E-state index in [4.69, 9.17) is 4.74 Å². The van der Waals surface area contributed by atoms with E-state index in [-0.39, 0.29) is 17.2 Å². The van der Waals surface area contributed by atoms with E-state index in [0.717, 1.165) is 16.3 Å². The van der Waals surface area contributed by atoms with E-state index in [2.05, 4.69) is 10.3 Å². The van der Waals surface area contributed by atoms with E-state index in [9.17, 15) is 9.18 Å². The fourth-order valence-corrected chi connectivity index (χ4v) is 3.21. The van der Waals surface area contributed by atoms with Gasteiger partial charge in [-0.25, -0.2) is 9.37 Å². The van der Waals surface area contributed by atoms with Crippen molar-refractivity contribution in [3.8, 4) is 16.3 Å². The zero-order valence-corrected chi connectivity index (χ0v) is 14.5.